The second-order valence-corrected chi connectivity index (χ2v) is 10.4. The van der Waals surface area contributed by atoms with Crippen molar-refractivity contribution in [3.63, 3.8) is 0 Å². The quantitative estimate of drug-likeness (QED) is 0.734. The van der Waals surface area contributed by atoms with Crippen molar-refractivity contribution in [3.05, 3.63) is 59.5 Å². The Bertz CT molecular complexity index is 949. The maximum Gasteiger partial charge on any atom is 0.242 e. The lowest BCUT2D eigenvalue weighted by Gasteiger charge is -2.61. The van der Waals surface area contributed by atoms with Crippen molar-refractivity contribution in [1.82, 2.24) is 10.6 Å². The van der Waals surface area contributed by atoms with E-state index in [1.165, 1.54) is 30.4 Å². The third kappa shape index (κ3) is 3.68. The topological polar surface area (TPSA) is 71.3 Å². The van der Waals surface area contributed by atoms with E-state index in [1.54, 1.807) is 19.3 Å². The van der Waals surface area contributed by atoms with Gasteiger partial charge in [-0.05, 0) is 87.3 Å². The lowest BCUT2D eigenvalue weighted by Crippen LogP contribution is -2.60. The fraction of sp³-hybridized carbons (Fsp3) is 0.538. The molecule has 2 amide bonds. The molecule has 2 N–H and O–H groups in total. The maximum atomic E-state index is 13.6. The van der Waals surface area contributed by atoms with Crippen LogP contribution in [0.25, 0.3) is 0 Å². The van der Waals surface area contributed by atoms with Gasteiger partial charge in [0.2, 0.25) is 11.8 Å². The number of amides is 2. The molecule has 31 heavy (non-hydrogen) atoms. The Kier molecular flexibility index (Phi) is 4.95. The molecule has 1 aromatic heterocycles. The molecule has 0 saturated heterocycles. The van der Waals surface area contributed by atoms with Gasteiger partial charge in [0.1, 0.15) is 11.8 Å². The van der Waals surface area contributed by atoms with E-state index in [2.05, 4.69) is 41.8 Å². The molecule has 2 aromatic rings. The molecule has 1 aromatic carbocycles. The molecule has 5 heteroatoms. The second-order valence-electron chi connectivity index (χ2n) is 10.4. The molecule has 4 fully saturated rings. The Morgan fingerprint density at radius 1 is 1.10 bits per heavy atom. The molecular formula is C26H32N2O3. The highest BCUT2D eigenvalue weighted by molar-refractivity contribution is 5.90. The van der Waals surface area contributed by atoms with E-state index in [0.29, 0.717) is 24.1 Å². The number of rotatable bonds is 6. The van der Waals surface area contributed by atoms with Gasteiger partial charge in [-0.25, -0.2) is 0 Å². The van der Waals surface area contributed by atoms with E-state index in [-0.39, 0.29) is 22.6 Å². The number of hydrogen-bond donors (Lipinski definition) is 2. The van der Waals surface area contributed by atoms with Crippen LogP contribution in [0.15, 0.2) is 47.1 Å². The van der Waals surface area contributed by atoms with Crippen molar-refractivity contribution in [2.45, 2.75) is 70.4 Å². The molecule has 164 valence electrons. The van der Waals surface area contributed by atoms with Crippen LogP contribution in [-0.4, -0.2) is 17.9 Å². The number of benzene rings is 1. The SMILES string of the molecule is Cc1ccc(C23CC4CC(CC(C(=O)NC(C)C(=O)NCc5ccco5)(C4)C2)C3)cc1. The van der Waals surface area contributed by atoms with Crippen LogP contribution in [0, 0.1) is 24.2 Å². The minimum absolute atomic E-state index is 0.0683. The number of carbonyl (C=O) groups excluding carboxylic acids is 2. The molecule has 5 nitrogen and oxygen atoms in total. The van der Waals surface area contributed by atoms with E-state index in [4.69, 9.17) is 4.42 Å². The first kappa shape index (κ1) is 20.3. The van der Waals surface area contributed by atoms with Gasteiger partial charge in [-0.1, -0.05) is 29.8 Å². The van der Waals surface area contributed by atoms with Crippen molar-refractivity contribution in [1.29, 1.82) is 0 Å². The minimum Gasteiger partial charge on any atom is -0.467 e. The smallest absolute Gasteiger partial charge is 0.242 e. The molecule has 6 rings (SSSR count). The average molecular weight is 421 g/mol. The molecule has 3 unspecified atom stereocenters. The number of hydrogen-bond acceptors (Lipinski definition) is 3. The Labute approximate surface area is 184 Å². The van der Waals surface area contributed by atoms with Gasteiger partial charge in [-0.3, -0.25) is 9.59 Å². The fourth-order valence-electron chi connectivity index (χ4n) is 6.93. The van der Waals surface area contributed by atoms with E-state index >= 15 is 0 Å². The van der Waals surface area contributed by atoms with Gasteiger partial charge in [-0.15, -0.1) is 0 Å². The van der Waals surface area contributed by atoms with Gasteiger partial charge in [-0.2, -0.15) is 0 Å². The summed E-state index contributed by atoms with van der Waals surface area (Å²) < 4.78 is 5.27. The highest BCUT2D eigenvalue weighted by Crippen LogP contribution is 2.65. The van der Waals surface area contributed by atoms with E-state index < -0.39 is 6.04 Å². The average Bonchev–Trinajstić information content (AvgIpc) is 3.25. The lowest BCUT2D eigenvalue weighted by atomic mass is 9.42. The zero-order valence-corrected chi connectivity index (χ0v) is 18.4. The first-order chi connectivity index (χ1) is 14.9. The monoisotopic (exact) mass is 420 g/mol. The van der Waals surface area contributed by atoms with Gasteiger partial charge in [0.05, 0.1) is 18.2 Å². The molecule has 0 radical (unpaired) electrons. The molecule has 4 saturated carbocycles. The Morgan fingerprint density at radius 2 is 1.81 bits per heavy atom. The van der Waals surface area contributed by atoms with Gasteiger partial charge >= 0.3 is 0 Å². The summed E-state index contributed by atoms with van der Waals surface area (Å²) in [6.07, 6.45) is 8.06. The predicted octanol–water partition coefficient (Wildman–Crippen LogP) is 4.25. The highest BCUT2D eigenvalue weighted by atomic mass is 16.3. The summed E-state index contributed by atoms with van der Waals surface area (Å²) in [5, 5.41) is 5.92. The second kappa shape index (κ2) is 7.54. The van der Waals surface area contributed by atoms with Crippen LogP contribution in [-0.2, 0) is 21.5 Å². The molecule has 0 spiro atoms. The summed E-state index contributed by atoms with van der Waals surface area (Å²) in [4.78, 5) is 26.1. The predicted molar refractivity (Wildman–Crippen MR) is 118 cm³/mol. The van der Waals surface area contributed by atoms with Crippen LogP contribution >= 0.6 is 0 Å². The first-order valence-corrected chi connectivity index (χ1v) is 11.6. The van der Waals surface area contributed by atoms with E-state index in [1.807, 2.05) is 6.07 Å². The summed E-state index contributed by atoms with van der Waals surface area (Å²) in [7, 11) is 0. The highest BCUT2D eigenvalue weighted by Gasteiger charge is 2.61. The first-order valence-electron chi connectivity index (χ1n) is 11.6. The minimum atomic E-state index is -0.564. The Balaban J connectivity index is 1.30. The molecule has 4 bridgehead atoms. The molecule has 4 aliphatic rings. The Hall–Kier alpha value is -2.56. The van der Waals surface area contributed by atoms with Gasteiger partial charge in [0.25, 0.3) is 0 Å². The maximum absolute atomic E-state index is 13.6. The van der Waals surface area contributed by atoms with Crippen molar-refractivity contribution < 1.29 is 14.0 Å². The van der Waals surface area contributed by atoms with E-state index in [0.717, 1.165) is 19.3 Å². The van der Waals surface area contributed by atoms with Crippen LogP contribution in [0.5, 0.6) is 0 Å². The molecule has 3 atom stereocenters. The van der Waals surface area contributed by atoms with Gasteiger partial charge < -0.3 is 15.1 Å². The number of nitrogens with one attached hydrogen (secondary N) is 2. The van der Waals surface area contributed by atoms with Crippen molar-refractivity contribution >= 4 is 11.8 Å². The zero-order valence-electron chi connectivity index (χ0n) is 18.4. The van der Waals surface area contributed by atoms with Crippen LogP contribution in [0.1, 0.15) is 62.3 Å². The molecular weight excluding hydrogens is 388 g/mol. The van der Waals surface area contributed by atoms with Crippen LogP contribution in [0.3, 0.4) is 0 Å². The third-order valence-electron chi connectivity index (χ3n) is 7.96. The fourth-order valence-corrected chi connectivity index (χ4v) is 6.93. The number of aryl methyl sites for hydroxylation is 1. The van der Waals surface area contributed by atoms with Gasteiger partial charge in [0, 0.05) is 0 Å². The summed E-state index contributed by atoms with van der Waals surface area (Å²) >= 11 is 0. The standard InChI is InChI=1S/C26H32N2O3/c1-17-5-7-21(8-6-17)25-11-19-10-20(12-25)14-26(13-19,16-25)24(30)28-18(2)23(29)27-15-22-4-3-9-31-22/h3-9,18-20H,10-16H2,1-2H3,(H,27,29)(H,28,30). The summed E-state index contributed by atoms with van der Waals surface area (Å²) in [6.45, 7) is 4.22. The van der Waals surface area contributed by atoms with Crippen LogP contribution < -0.4 is 10.6 Å². The van der Waals surface area contributed by atoms with Crippen molar-refractivity contribution in [2.24, 2.45) is 17.3 Å². The third-order valence-corrected chi connectivity index (χ3v) is 7.96. The summed E-state index contributed by atoms with van der Waals surface area (Å²) in [5.41, 5.74) is 2.44. The Morgan fingerprint density at radius 3 is 2.45 bits per heavy atom. The summed E-state index contributed by atoms with van der Waals surface area (Å²) in [6, 6.07) is 12.0. The number of furan rings is 1. The molecule has 1 heterocycles. The van der Waals surface area contributed by atoms with Crippen LogP contribution in [0.2, 0.25) is 0 Å². The molecule has 0 aliphatic heterocycles. The van der Waals surface area contributed by atoms with Crippen molar-refractivity contribution in [2.75, 3.05) is 0 Å². The zero-order chi connectivity index (χ0) is 21.6. The van der Waals surface area contributed by atoms with Crippen molar-refractivity contribution in [3.8, 4) is 0 Å². The van der Waals surface area contributed by atoms with Crippen LogP contribution in [0.4, 0.5) is 0 Å². The largest absolute Gasteiger partial charge is 0.467 e. The van der Waals surface area contributed by atoms with E-state index in [9.17, 15) is 9.59 Å². The molecule has 4 aliphatic carbocycles. The lowest BCUT2D eigenvalue weighted by molar-refractivity contribution is -0.151. The summed E-state index contributed by atoms with van der Waals surface area (Å²) in [5.74, 6) is 1.81. The van der Waals surface area contributed by atoms with Gasteiger partial charge in [0.15, 0.2) is 0 Å². The number of carbonyl (C=O) groups is 2. The normalized spacial score (nSPS) is 31.9.